The second kappa shape index (κ2) is 5.98. The minimum Gasteiger partial charge on any atom is -0.313 e. The molecule has 1 unspecified atom stereocenters. The zero-order chi connectivity index (χ0) is 13.1. The maximum Gasteiger partial charge on any atom is 0.218 e. The summed E-state index contributed by atoms with van der Waals surface area (Å²) in [5.41, 5.74) is 1.14. The summed E-state index contributed by atoms with van der Waals surface area (Å²) >= 11 is 0. The maximum atomic E-state index is 12.3. The van der Waals surface area contributed by atoms with Crippen LogP contribution in [-0.2, 0) is 10.0 Å². The molecule has 0 bridgehead atoms. The lowest BCUT2D eigenvalue weighted by atomic mass is 10.2. The normalized spacial score (nSPS) is 20.4. The van der Waals surface area contributed by atoms with Gasteiger partial charge in [-0.1, -0.05) is 25.5 Å². The second-order valence-electron chi connectivity index (χ2n) is 5.09. The third kappa shape index (κ3) is 4.08. The van der Waals surface area contributed by atoms with Gasteiger partial charge in [-0.15, -0.1) is 0 Å². The van der Waals surface area contributed by atoms with Gasteiger partial charge in [0.25, 0.3) is 0 Å². The van der Waals surface area contributed by atoms with Crippen molar-refractivity contribution in [2.45, 2.75) is 45.4 Å². The Balaban J connectivity index is 2.64. The Bertz CT molecular complexity index is 374. The summed E-state index contributed by atoms with van der Waals surface area (Å²) in [6, 6.07) is 0.315. The molecule has 1 aliphatic heterocycles. The molecule has 0 fully saturated rings. The molecule has 0 aromatic rings. The summed E-state index contributed by atoms with van der Waals surface area (Å²) < 4.78 is 26.2. The Morgan fingerprint density at radius 1 is 1.41 bits per heavy atom. The minimum absolute atomic E-state index is 0.315. The molecule has 1 N–H and O–H groups in total. The fourth-order valence-electron chi connectivity index (χ4n) is 1.86. The van der Waals surface area contributed by atoms with Crippen molar-refractivity contribution in [1.29, 1.82) is 0 Å². The fourth-order valence-corrected chi connectivity index (χ4v) is 3.41. The molecule has 0 radical (unpaired) electrons. The van der Waals surface area contributed by atoms with Gasteiger partial charge in [0, 0.05) is 25.7 Å². The van der Waals surface area contributed by atoms with E-state index in [1.54, 1.807) is 11.2 Å². The molecule has 1 aliphatic rings. The molecular formula is C12H24N2O2S. The van der Waals surface area contributed by atoms with E-state index in [1.165, 1.54) is 0 Å². The highest BCUT2D eigenvalue weighted by atomic mass is 32.2. The first-order valence-corrected chi connectivity index (χ1v) is 7.72. The van der Waals surface area contributed by atoms with Crippen LogP contribution in [0, 0.1) is 0 Å². The number of nitrogens with one attached hydrogen (secondary N) is 1. The summed E-state index contributed by atoms with van der Waals surface area (Å²) in [4.78, 5) is 0. The first-order valence-electron chi connectivity index (χ1n) is 6.22. The van der Waals surface area contributed by atoms with Gasteiger partial charge in [0.1, 0.15) is 0 Å². The van der Waals surface area contributed by atoms with Crippen LogP contribution in [0.2, 0.25) is 0 Å². The number of nitrogens with zero attached hydrogens (tertiary/aromatic N) is 1. The molecule has 1 atom stereocenters. The summed E-state index contributed by atoms with van der Waals surface area (Å²) in [5.74, 6) is 0. The molecule has 0 saturated heterocycles. The van der Waals surface area contributed by atoms with Crippen LogP contribution in [0.4, 0.5) is 0 Å². The molecule has 4 nitrogen and oxygen atoms in total. The number of hydrogen-bond donors (Lipinski definition) is 1. The molecule has 1 heterocycles. The van der Waals surface area contributed by atoms with Gasteiger partial charge >= 0.3 is 0 Å². The first-order chi connectivity index (χ1) is 7.84. The maximum absolute atomic E-state index is 12.3. The molecule has 0 spiro atoms. The standard InChI is InChI=1S/C12H24N2O2S/c1-10(2)13-8-12(4)17(15,16)14-7-5-6-11(3)9-14/h6,10,12-13H,5,7-9H2,1-4H3. The SMILES string of the molecule is CC1=CCCN(S(=O)(=O)C(C)CNC(C)C)C1. The quantitative estimate of drug-likeness (QED) is 0.759. The van der Waals surface area contributed by atoms with E-state index in [9.17, 15) is 8.42 Å². The lowest BCUT2D eigenvalue weighted by Crippen LogP contribution is -2.45. The van der Waals surface area contributed by atoms with Crippen molar-refractivity contribution in [2.24, 2.45) is 0 Å². The molecule has 17 heavy (non-hydrogen) atoms. The molecular weight excluding hydrogens is 236 g/mol. The monoisotopic (exact) mass is 260 g/mol. The van der Waals surface area contributed by atoms with Gasteiger partial charge < -0.3 is 5.32 Å². The van der Waals surface area contributed by atoms with Crippen molar-refractivity contribution >= 4 is 10.0 Å². The number of sulfonamides is 1. The van der Waals surface area contributed by atoms with Crippen molar-refractivity contribution in [2.75, 3.05) is 19.6 Å². The molecule has 0 amide bonds. The molecule has 100 valence electrons. The van der Waals surface area contributed by atoms with Gasteiger partial charge in [-0.2, -0.15) is 4.31 Å². The van der Waals surface area contributed by atoms with Crippen molar-refractivity contribution in [3.63, 3.8) is 0 Å². The molecule has 0 aromatic carbocycles. The van der Waals surface area contributed by atoms with E-state index >= 15 is 0 Å². The van der Waals surface area contributed by atoms with E-state index in [0.717, 1.165) is 12.0 Å². The van der Waals surface area contributed by atoms with Gasteiger partial charge in [-0.25, -0.2) is 8.42 Å². The Morgan fingerprint density at radius 2 is 2.06 bits per heavy atom. The third-order valence-corrected chi connectivity index (χ3v) is 5.19. The number of hydrogen-bond acceptors (Lipinski definition) is 3. The van der Waals surface area contributed by atoms with Crippen molar-refractivity contribution < 1.29 is 8.42 Å². The molecule has 5 heteroatoms. The molecule has 1 rings (SSSR count). The summed E-state index contributed by atoms with van der Waals surface area (Å²) in [5, 5.41) is 2.82. The smallest absolute Gasteiger partial charge is 0.218 e. The van der Waals surface area contributed by atoms with Crippen LogP contribution in [0.3, 0.4) is 0 Å². The Kier molecular flexibility index (Phi) is 5.16. The van der Waals surface area contributed by atoms with E-state index < -0.39 is 10.0 Å². The predicted molar refractivity (Wildman–Crippen MR) is 71.5 cm³/mol. The topological polar surface area (TPSA) is 49.4 Å². The second-order valence-corrected chi connectivity index (χ2v) is 7.44. The van der Waals surface area contributed by atoms with Crippen molar-refractivity contribution in [3.05, 3.63) is 11.6 Å². The van der Waals surface area contributed by atoms with Crippen LogP contribution in [0.15, 0.2) is 11.6 Å². The van der Waals surface area contributed by atoms with E-state index in [0.29, 0.717) is 25.7 Å². The lowest BCUT2D eigenvalue weighted by Gasteiger charge is -2.28. The zero-order valence-electron chi connectivity index (χ0n) is 11.2. The van der Waals surface area contributed by atoms with Gasteiger partial charge in [0.15, 0.2) is 0 Å². The van der Waals surface area contributed by atoms with Gasteiger partial charge in [-0.05, 0) is 20.3 Å². The van der Waals surface area contributed by atoms with Gasteiger partial charge in [0.05, 0.1) is 5.25 Å². The van der Waals surface area contributed by atoms with Gasteiger partial charge in [0.2, 0.25) is 10.0 Å². The van der Waals surface area contributed by atoms with E-state index in [4.69, 9.17) is 0 Å². The van der Waals surface area contributed by atoms with E-state index in [2.05, 4.69) is 11.4 Å². The highest BCUT2D eigenvalue weighted by Crippen LogP contribution is 2.16. The molecule has 0 aromatic heterocycles. The van der Waals surface area contributed by atoms with Crippen molar-refractivity contribution in [1.82, 2.24) is 9.62 Å². The van der Waals surface area contributed by atoms with Crippen LogP contribution < -0.4 is 5.32 Å². The highest BCUT2D eigenvalue weighted by molar-refractivity contribution is 7.89. The largest absolute Gasteiger partial charge is 0.313 e. The first kappa shape index (κ1) is 14.7. The van der Waals surface area contributed by atoms with E-state index in [-0.39, 0.29) is 5.25 Å². The van der Waals surface area contributed by atoms with Crippen LogP contribution >= 0.6 is 0 Å². The summed E-state index contributed by atoms with van der Waals surface area (Å²) in [7, 11) is -3.16. The fraction of sp³-hybridized carbons (Fsp3) is 0.833. The third-order valence-electron chi connectivity index (χ3n) is 2.98. The Morgan fingerprint density at radius 3 is 2.59 bits per heavy atom. The van der Waals surface area contributed by atoms with Crippen LogP contribution in [0.1, 0.15) is 34.1 Å². The predicted octanol–water partition coefficient (Wildman–Crippen LogP) is 1.35. The average Bonchev–Trinajstić information content (AvgIpc) is 2.25. The van der Waals surface area contributed by atoms with Crippen LogP contribution in [0.25, 0.3) is 0 Å². The number of rotatable bonds is 5. The van der Waals surface area contributed by atoms with Crippen LogP contribution in [0.5, 0.6) is 0 Å². The Labute approximate surface area is 105 Å². The van der Waals surface area contributed by atoms with Crippen LogP contribution in [-0.4, -0.2) is 43.6 Å². The molecule has 0 saturated carbocycles. The summed E-state index contributed by atoms with van der Waals surface area (Å²) in [6.45, 7) is 9.48. The molecule has 0 aliphatic carbocycles. The summed E-state index contributed by atoms with van der Waals surface area (Å²) in [6.07, 6.45) is 2.94. The van der Waals surface area contributed by atoms with Gasteiger partial charge in [-0.3, -0.25) is 0 Å². The average molecular weight is 260 g/mol. The minimum atomic E-state index is -3.16. The lowest BCUT2D eigenvalue weighted by molar-refractivity contribution is 0.417. The zero-order valence-corrected chi connectivity index (χ0v) is 12.0. The van der Waals surface area contributed by atoms with Crippen molar-refractivity contribution in [3.8, 4) is 0 Å². The highest BCUT2D eigenvalue weighted by Gasteiger charge is 2.29. The Hall–Kier alpha value is -0.390. The van der Waals surface area contributed by atoms with E-state index in [1.807, 2.05) is 20.8 Å².